The molecule has 0 saturated heterocycles. The number of rotatable bonds is 4. The number of pyridine rings is 3. The van der Waals surface area contributed by atoms with Gasteiger partial charge in [0.25, 0.3) is 11.5 Å². The minimum atomic E-state index is -0.425. The van der Waals surface area contributed by atoms with Crippen LogP contribution in [0.4, 0.5) is 5.13 Å². The van der Waals surface area contributed by atoms with Gasteiger partial charge in [-0.1, -0.05) is 23.5 Å². The van der Waals surface area contributed by atoms with Crippen LogP contribution in [0.15, 0.2) is 59.5 Å². The Morgan fingerprint density at radius 2 is 1.76 bits per heavy atom. The molecule has 0 aliphatic carbocycles. The molecular weight excluding hydrogens is 498 g/mol. The average molecular weight is 518 g/mol. The van der Waals surface area contributed by atoms with Crippen molar-refractivity contribution in [3.63, 3.8) is 0 Å². The number of hydrogen-bond donors (Lipinski definition) is 1. The molecule has 0 bridgehead atoms. The molecule has 38 heavy (non-hydrogen) atoms. The highest BCUT2D eigenvalue weighted by Crippen LogP contribution is 2.30. The van der Waals surface area contributed by atoms with Crippen molar-refractivity contribution in [1.82, 2.24) is 19.5 Å². The van der Waals surface area contributed by atoms with Crippen LogP contribution in [-0.4, -0.2) is 25.4 Å². The summed E-state index contributed by atoms with van der Waals surface area (Å²) in [7, 11) is 1.59. The van der Waals surface area contributed by atoms with E-state index in [1.807, 2.05) is 30.3 Å². The third-order valence-electron chi connectivity index (χ3n) is 6.20. The first-order chi connectivity index (χ1) is 18.3. The molecule has 5 aromatic rings. The normalized spacial score (nSPS) is 10.7. The number of nitriles is 2. The van der Waals surface area contributed by atoms with Gasteiger partial charge in [-0.2, -0.15) is 10.5 Å². The Morgan fingerprint density at radius 1 is 1.00 bits per heavy atom. The third kappa shape index (κ3) is 4.41. The fraction of sp³-hybridized carbons (Fsp3) is 0.107. The lowest BCUT2D eigenvalue weighted by molar-refractivity contribution is 0.102. The molecule has 0 spiro atoms. The van der Waals surface area contributed by atoms with Gasteiger partial charge in [-0.05, 0) is 55.8 Å². The van der Waals surface area contributed by atoms with Crippen LogP contribution in [0.1, 0.15) is 32.9 Å². The van der Waals surface area contributed by atoms with Crippen molar-refractivity contribution < 1.29 is 4.79 Å². The van der Waals surface area contributed by atoms with Crippen LogP contribution >= 0.6 is 11.3 Å². The summed E-state index contributed by atoms with van der Waals surface area (Å²) >= 11 is 1.24. The fourth-order valence-electron chi connectivity index (χ4n) is 4.05. The van der Waals surface area contributed by atoms with Gasteiger partial charge >= 0.3 is 0 Å². The van der Waals surface area contributed by atoms with Crippen LogP contribution in [0.5, 0.6) is 0 Å². The molecule has 1 aromatic carbocycles. The van der Waals surface area contributed by atoms with E-state index in [0.29, 0.717) is 43.6 Å². The van der Waals surface area contributed by atoms with E-state index in [4.69, 9.17) is 5.26 Å². The van der Waals surface area contributed by atoms with Crippen molar-refractivity contribution >= 4 is 32.7 Å². The lowest BCUT2D eigenvalue weighted by Crippen LogP contribution is -2.23. The largest absolute Gasteiger partial charge is 0.314 e. The number of amides is 1. The lowest BCUT2D eigenvalue weighted by Gasteiger charge is -2.15. The molecular formula is C28H19N7O2S. The first-order valence-electron chi connectivity index (χ1n) is 11.5. The van der Waals surface area contributed by atoms with Gasteiger partial charge in [-0.25, -0.2) is 9.97 Å². The molecule has 0 atom stereocenters. The number of nitrogens with one attached hydrogen (secondary N) is 1. The zero-order valence-corrected chi connectivity index (χ0v) is 21.4. The van der Waals surface area contributed by atoms with Crippen molar-refractivity contribution in [3.8, 4) is 34.5 Å². The Hall–Kier alpha value is -5.19. The van der Waals surface area contributed by atoms with Crippen LogP contribution in [-0.2, 0) is 7.05 Å². The Balaban J connectivity index is 1.50. The van der Waals surface area contributed by atoms with Crippen molar-refractivity contribution in [2.24, 2.45) is 7.05 Å². The van der Waals surface area contributed by atoms with Crippen LogP contribution in [0.3, 0.4) is 0 Å². The van der Waals surface area contributed by atoms with Gasteiger partial charge in [0, 0.05) is 35.8 Å². The molecule has 5 rings (SSSR count). The van der Waals surface area contributed by atoms with Crippen LogP contribution in [0, 0.1) is 36.5 Å². The maximum Gasteiger partial charge on any atom is 0.268 e. The minimum Gasteiger partial charge on any atom is -0.314 e. The number of thiazole rings is 1. The van der Waals surface area contributed by atoms with Crippen molar-refractivity contribution in [3.05, 3.63) is 93.2 Å². The molecule has 4 heterocycles. The van der Waals surface area contributed by atoms with Crippen LogP contribution in [0.2, 0.25) is 0 Å². The molecule has 1 amide bonds. The van der Waals surface area contributed by atoms with E-state index in [9.17, 15) is 14.9 Å². The number of hydrogen-bond acceptors (Lipinski definition) is 8. The van der Waals surface area contributed by atoms with Gasteiger partial charge < -0.3 is 4.57 Å². The molecule has 184 valence electrons. The second kappa shape index (κ2) is 9.69. The molecule has 9 nitrogen and oxygen atoms in total. The zero-order chi connectivity index (χ0) is 27.0. The first-order valence-corrected chi connectivity index (χ1v) is 12.3. The van der Waals surface area contributed by atoms with Gasteiger partial charge in [0.05, 0.1) is 22.9 Å². The number of anilines is 1. The predicted octanol–water partition coefficient (Wildman–Crippen LogP) is 4.73. The van der Waals surface area contributed by atoms with Gasteiger partial charge in [-0.3, -0.25) is 19.9 Å². The van der Waals surface area contributed by atoms with Crippen molar-refractivity contribution in [2.45, 2.75) is 13.8 Å². The average Bonchev–Trinajstić information content (AvgIpc) is 3.33. The Kier molecular flexibility index (Phi) is 6.25. The second-order valence-electron chi connectivity index (χ2n) is 8.59. The molecule has 10 heteroatoms. The SMILES string of the molecule is Cc1cc(-c2cc(C#N)c(=O)n(C)c2C)c(C(=O)Nc2nc3ccc(-c4ccc(C#N)cc4)nc3s2)cn1. The molecule has 0 unspecified atom stereocenters. The Morgan fingerprint density at radius 3 is 2.47 bits per heavy atom. The molecule has 0 aliphatic heterocycles. The van der Waals surface area contributed by atoms with Gasteiger partial charge in [-0.15, -0.1) is 0 Å². The second-order valence-corrected chi connectivity index (χ2v) is 9.56. The summed E-state index contributed by atoms with van der Waals surface area (Å²) in [6.45, 7) is 3.57. The fourth-order valence-corrected chi connectivity index (χ4v) is 4.88. The number of nitrogens with zero attached hydrogens (tertiary/aromatic N) is 6. The minimum absolute atomic E-state index is 0.00996. The predicted molar refractivity (Wildman–Crippen MR) is 145 cm³/mol. The summed E-state index contributed by atoms with van der Waals surface area (Å²) in [5.74, 6) is -0.425. The summed E-state index contributed by atoms with van der Waals surface area (Å²) < 4.78 is 1.40. The van der Waals surface area contributed by atoms with E-state index in [1.54, 1.807) is 39.1 Å². The highest BCUT2D eigenvalue weighted by Gasteiger charge is 2.20. The quantitative estimate of drug-likeness (QED) is 0.364. The van der Waals surface area contributed by atoms with Gasteiger partial charge in [0.1, 0.15) is 22.0 Å². The van der Waals surface area contributed by atoms with E-state index in [2.05, 4.69) is 26.3 Å². The smallest absolute Gasteiger partial charge is 0.268 e. The van der Waals surface area contributed by atoms with Crippen LogP contribution in [0.25, 0.3) is 32.7 Å². The Bertz CT molecular complexity index is 1890. The summed E-state index contributed by atoms with van der Waals surface area (Å²) in [5.41, 5.74) is 5.13. The van der Waals surface area contributed by atoms with E-state index in [1.165, 1.54) is 28.2 Å². The summed E-state index contributed by atoms with van der Waals surface area (Å²) in [4.78, 5) is 39.9. The molecule has 4 aromatic heterocycles. The number of aryl methyl sites for hydroxylation is 1. The monoisotopic (exact) mass is 517 g/mol. The molecule has 0 fully saturated rings. The number of fused-ring (bicyclic) bond motifs is 1. The number of benzene rings is 1. The van der Waals surface area contributed by atoms with E-state index in [-0.39, 0.29) is 11.1 Å². The first kappa shape index (κ1) is 24.5. The van der Waals surface area contributed by atoms with E-state index in [0.717, 1.165) is 11.3 Å². The number of carbonyl (C=O) groups is 1. The summed E-state index contributed by atoms with van der Waals surface area (Å²) in [6.07, 6.45) is 1.48. The highest BCUT2D eigenvalue weighted by atomic mass is 32.1. The summed E-state index contributed by atoms with van der Waals surface area (Å²) in [5, 5.41) is 21.7. The maximum absolute atomic E-state index is 13.4. The standard InChI is InChI=1S/C28H19N7O2S/c1-15-10-21(20-11-19(13-30)27(37)35(3)16(20)2)22(14-31-15)25(36)34-28-33-24-9-8-23(32-26(24)38-28)18-6-4-17(12-29)5-7-18/h4-11,14H,1-3H3,(H,33,34,36). The zero-order valence-electron chi connectivity index (χ0n) is 20.6. The van der Waals surface area contributed by atoms with Gasteiger partial charge in [0.2, 0.25) is 0 Å². The number of aromatic nitrogens is 4. The third-order valence-corrected chi connectivity index (χ3v) is 7.08. The maximum atomic E-state index is 13.4. The topological polar surface area (TPSA) is 137 Å². The number of carbonyl (C=O) groups excluding carboxylic acids is 1. The molecule has 1 N–H and O–H groups in total. The van der Waals surface area contributed by atoms with Crippen LogP contribution < -0.4 is 10.9 Å². The lowest BCUT2D eigenvalue weighted by atomic mass is 9.97. The van der Waals surface area contributed by atoms with Crippen molar-refractivity contribution in [2.75, 3.05) is 5.32 Å². The summed E-state index contributed by atoms with van der Waals surface area (Å²) in [6, 6.07) is 18.1. The highest BCUT2D eigenvalue weighted by molar-refractivity contribution is 7.22. The Labute approximate surface area is 221 Å². The van der Waals surface area contributed by atoms with Crippen molar-refractivity contribution in [1.29, 1.82) is 10.5 Å². The molecule has 0 aliphatic rings. The molecule has 0 radical (unpaired) electrons. The van der Waals surface area contributed by atoms with E-state index < -0.39 is 11.5 Å². The van der Waals surface area contributed by atoms with E-state index >= 15 is 0 Å². The molecule has 0 saturated carbocycles. The van der Waals surface area contributed by atoms with Gasteiger partial charge in [0.15, 0.2) is 5.13 Å².